The Morgan fingerprint density at radius 3 is 3.06 bits per heavy atom. The largest absolute Gasteiger partial charge is 0.391 e. The molecule has 1 aliphatic heterocycles. The SMILES string of the molecule is CNc1cc(N2CCC(O)C2)c(C#N)cn1. The Morgan fingerprint density at radius 2 is 2.50 bits per heavy atom. The summed E-state index contributed by atoms with van der Waals surface area (Å²) in [5.41, 5.74) is 1.39. The van der Waals surface area contributed by atoms with E-state index in [-0.39, 0.29) is 6.10 Å². The topological polar surface area (TPSA) is 72.2 Å². The summed E-state index contributed by atoms with van der Waals surface area (Å²) < 4.78 is 0. The van der Waals surface area contributed by atoms with Crippen LogP contribution in [-0.2, 0) is 0 Å². The van der Waals surface area contributed by atoms with Crippen molar-refractivity contribution < 1.29 is 5.11 Å². The lowest BCUT2D eigenvalue weighted by atomic mass is 10.2. The van der Waals surface area contributed by atoms with Crippen LogP contribution in [0.25, 0.3) is 0 Å². The lowest BCUT2D eigenvalue weighted by Crippen LogP contribution is -2.22. The van der Waals surface area contributed by atoms with Crippen molar-refractivity contribution in [3.8, 4) is 6.07 Å². The summed E-state index contributed by atoms with van der Waals surface area (Å²) in [6.07, 6.45) is 2.02. The molecule has 0 saturated carbocycles. The van der Waals surface area contributed by atoms with Crippen LogP contribution in [0.1, 0.15) is 12.0 Å². The monoisotopic (exact) mass is 218 g/mol. The number of aromatic nitrogens is 1. The second-order valence-corrected chi connectivity index (χ2v) is 3.84. The molecule has 1 saturated heterocycles. The summed E-state index contributed by atoms with van der Waals surface area (Å²) in [6, 6.07) is 3.97. The number of nitriles is 1. The van der Waals surface area contributed by atoms with Crippen LogP contribution in [0, 0.1) is 11.3 Å². The molecule has 84 valence electrons. The Morgan fingerprint density at radius 1 is 1.69 bits per heavy atom. The molecule has 0 radical (unpaired) electrons. The molecule has 5 heteroatoms. The van der Waals surface area contributed by atoms with Gasteiger partial charge in [-0.05, 0) is 6.42 Å². The third-order valence-corrected chi connectivity index (χ3v) is 2.76. The molecule has 1 aliphatic rings. The molecule has 0 bridgehead atoms. The van der Waals surface area contributed by atoms with Gasteiger partial charge in [-0.2, -0.15) is 5.26 Å². The highest BCUT2D eigenvalue weighted by atomic mass is 16.3. The summed E-state index contributed by atoms with van der Waals surface area (Å²) in [4.78, 5) is 6.12. The highest BCUT2D eigenvalue weighted by molar-refractivity contribution is 5.63. The molecule has 2 rings (SSSR count). The van der Waals surface area contributed by atoms with Crippen LogP contribution in [0.4, 0.5) is 11.5 Å². The maximum Gasteiger partial charge on any atom is 0.127 e. The van der Waals surface area contributed by atoms with Crippen LogP contribution in [0.15, 0.2) is 12.3 Å². The van der Waals surface area contributed by atoms with Gasteiger partial charge in [0, 0.05) is 32.4 Å². The average molecular weight is 218 g/mol. The Bertz CT molecular complexity index is 426. The van der Waals surface area contributed by atoms with Crippen molar-refractivity contribution in [3.05, 3.63) is 17.8 Å². The molecule has 0 spiro atoms. The Balaban J connectivity index is 2.34. The zero-order valence-electron chi connectivity index (χ0n) is 9.14. The lowest BCUT2D eigenvalue weighted by molar-refractivity contribution is 0.198. The molecule has 1 unspecified atom stereocenters. The van der Waals surface area contributed by atoms with E-state index in [9.17, 15) is 5.11 Å². The second kappa shape index (κ2) is 4.37. The maximum absolute atomic E-state index is 9.50. The van der Waals surface area contributed by atoms with Crippen molar-refractivity contribution in [3.63, 3.8) is 0 Å². The number of anilines is 2. The van der Waals surface area contributed by atoms with Gasteiger partial charge in [0.05, 0.1) is 17.4 Å². The first-order valence-electron chi connectivity index (χ1n) is 5.25. The van der Waals surface area contributed by atoms with Gasteiger partial charge >= 0.3 is 0 Å². The fourth-order valence-electron chi connectivity index (χ4n) is 1.89. The van der Waals surface area contributed by atoms with Crippen molar-refractivity contribution in [2.45, 2.75) is 12.5 Å². The van der Waals surface area contributed by atoms with Crippen molar-refractivity contribution in [1.82, 2.24) is 4.98 Å². The number of hydrogen-bond acceptors (Lipinski definition) is 5. The minimum Gasteiger partial charge on any atom is -0.391 e. The quantitative estimate of drug-likeness (QED) is 0.759. The van der Waals surface area contributed by atoms with Gasteiger partial charge in [-0.3, -0.25) is 0 Å². The Kier molecular flexibility index (Phi) is 2.93. The van der Waals surface area contributed by atoms with Gasteiger partial charge in [-0.25, -0.2) is 4.98 Å². The number of aliphatic hydroxyl groups excluding tert-OH is 1. The second-order valence-electron chi connectivity index (χ2n) is 3.84. The predicted octanol–water partition coefficient (Wildman–Crippen LogP) is 0.566. The van der Waals surface area contributed by atoms with Crippen molar-refractivity contribution >= 4 is 11.5 Å². The molecular weight excluding hydrogens is 204 g/mol. The van der Waals surface area contributed by atoms with Gasteiger partial charge < -0.3 is 15.3 Å². The number of rotatable bonds is 2. The standard InChI is InChI=1S/C11H14N4O/c1-13-11-4-10(8(5-12)6-14-11)15-3-2-9(16)7-15/h4,6,9,16H,2-3,7H2,1H3,(H,13,14). The summed E-state index contributed by atoms with van der Waals surface area (Å²) in [5, 5.41) is 21.4. The molecule has 16 heavy (non-hydrogen) atoms. The third-order valence-electron chi connectivity index (χ3n) is 2.76. The predicted molar refractivity (Wildman–Crippen MR) is 61.3 cm³/mol. The first kappa shape index (κ1) is 10.7. The molecule has 1 atom stereocenters. The highest BCUT2D eigenvalue weighted by Crippen LogP contribution is 2.25. The number of pyridine rings is 1. The van der Waals surface area contributed by atoms with Gasteiger partial charge in [-0.1, -0.05) is 0 Å². The Hall–Kier alpha value is -1.80. The van der Waals surface area contributed by atoms with E-state index in [0.717, 1.165) is 24.5 Å². The molecule has 0 aromatic carbocycles. The molecule has 2 heterocycles. The van der Waals surface area contributed by atoms with E-state index < -0.39 is 0 Å². The number of β-amino-alcohol motifs (C(OH)–C–C–N with tert-alkyl or cyclic N) is 1. The normalized spacial score (nSPS) is 19.6. The van der Waals surface area contributed by atoms with Crippen molar-refractivity contribution in [2.75, 3.05) is 30.4 Å². The van der Waals surface area contributed by atoms with Gasteiger partial charge in [0.15, 0.2) is 0 Å². The average Bonchev–Trinajstić information content (AvgIpc) is 2.75. The summed E-state index contributed by atoms with van der Waals surface area (Å²) >= 11 is 0. The fraction of sp³-hybridized carbons (Fsp3) is 0.455. The van der Waals surface area contributed by atoms with Crippen LogP contribution < -0.4 is 10.2 Å². The summed E-state index contributed by atoms with van der Waals surface area (Å²) in [6.45, 7) is 1.37. The Labute approximate surface area is 94.3 Å². The van der Waals surface area contributed by atoms with E-state index in [1.165, 1.54) is 0 Å². The maximum atomic E-state index is 9.50. The zero-order valence-corrected chi connectivity index (χ0v) is 9.14. The van der Waals surface area contributed by atoms with E-state index in [4.69, 9.17) is 5.26 Å². The molecular formula is C11H14N4O. The van der Waals surface area contributed by atoms with Crippen LogP contribution in [0.5, 0.6) is 0 Å². The molecule has 2 N–H and O–H groups in total. The number of nitrogens with one attached hydrogen (secondary N) is 1. The summed E-state index contributed by atoms with van der Waals surface area (Å²) in [5.74, 6) is 0.732. The van der Waals surface area contributed by atoms with E-state index >= 15 is 0 Å². The molecule has 0 amide bonds. The van der Waals surface area contributed by atoms with E-state index in [0.29, 0.717) is 12.1 Å². The molecule has 1 aromatic rings. The van der Waals surface area contributed by atoms with Gasteiger partial charge in [0.2, 0.25) is 0 Å². The van der Waals surface area contributed by atoms with Gasteiger partial charge in [0.1, 0.15) is 11.9 Å². The molecule has 5 nitrogen and oxygen atoms in total. The molecule has 0 aliphatic carbocycles. The molecule has 1 fully saturated rings. The van der Waals surface area contributed by atoms with E-state index in [1.54, 1.807) is 13.2 Å². The van der Waals surface area contributed by atoms with Gasteiger partial charge in [0.25, 0.3) is 0 Å². The number of hydrogen-bond donors (Lipinski definition) is 2. The lowest BCUT2D eigenvalue weighted by Gasteiger charge is -2.19. The third kappa shape index (κ3) is 1.92. The first-order chi connectivity index (χ1) is 7.74. The minimum absolute atomic E-state index is 0.294. The highest BCUT2D eigenvalue weighted by Gasteiger charge is 2.22. The first-order valence-corrected chi connectivity index (χ1v) is 5.25. The number of nitrogens with zero attached hydrogens (tertiary/aromatic N) is 3. The smallest absolute Gasteiger partial charge is 0.127 e. The van der Waals surface area contributed by atoms with Crippen LogP contribution in [0.2, 0.25) is 0 Å². The zero-order chi connectivity index (χ0) is 11.5. The van der Waals surface area contributed by atoms with E-state index in [1.807, 2.05) is 11.0 Å². The van der Waals surface area contributed by atoms with Crippen LogP contribution in [-0.4, -0.2) is 36.3 Å². The molecule has 1 aromatic heterocycles. The van der Waals surface area contributed by atoms with Gasteiger partial charge in [-0.15, -0.1) is 0 Å². The number of aliphatic hydroxyl groups is 1. The van der Waals surface area contributed by atoms with E-state index in [2.05, 4.69) is 16.4 Å². The van der Waals surface area contributed by atoms with Crippen LogP contribution in [0.3, 0.4) is 0 Å². The minimum atomic E-state index is -0.294. The summed E-state index contributed by atoms with van der Waals surface area (Å²) in [7, 11) is 1.79. The van der Waals surface area contributed by atoms with Crippen molar-refractivity contribution in [2.24, 2.45) is 0 Å². The van der Waals surface area contributed by atoms with Crippen LogP contribution >= 0.6 is 0 Å². The van der Waals surface area contributed by atoms with Crippen molar-refractivity contribution in [1.29, 1.82) is 5.26 Å². The fourth-order valence-corrected chi connectivity index (χ4v) is 1.89.